The van der Waals surface area contributed by atoms with Gasteiger partial charge in [0.2, 0.25) is 11.6 Å². The largest absolute Gasteiger partial charge is 0.493 e. The van der Waals surface area contributed by atoms with Crippen LogP contribution in [0.25, 0.3) is 0 Å². The van der Waals surface area contributed by atoms with Crippen LogP contribution in [0.4, 0.5) is 0 Å². The highest BCUT2D eigenvalue weighted by molar-refractivity contribution is 6.50. The highest BCUT2D eigenvalue weighted by Gasteiger charge is 2.26. The first-order valence-corrected chi connectivity index (χ1v) is 8.46. The Morgan fingerprint density at radius 1 is 0.846 bits per heavy atom. The van der Waals surface area contributed by atoms with E-state index in [9.17, 15) is 14.4 Å². The van der Waals surface area contributed by atoms with E-state index in [1.165, 1.54) is 26.4 Å². The molecule has 0 bridgehead atoms. The van der Waals surface area contributed by atoms with Gasteiger partial charge in [-0.25, -0.2) is 0 Å². The molecule has 0 fully saturated rings. The molecule has 0 saturated heterocycles. The predicted molar refractivity (Wildman–Crippen MR) is 98.5 cm³/mol. The smallest absolute Gasteiger partial charge is 0.234 e. The van der Waals surface area contributed by atoms with Crippen molar-refractivity contribution in [3.8, 4) is 11.5 Å². The Bertz CT molecular complexity index is 809. The molecule has 0 spiro atoms. The standard InChI is InChI=1S/C21H22O5/c1-4-5-11-17(22)15-12-18(25-2)19(26-3)13-16(15)21(24)20(23)14-9-7-6-8-10-14/h6-10,12-13H,4-5,11H2,1-3H3. The SMILES string of the molecule is CCCCC(=O)c1cc(OC)c(OC)cc1C(=O)C(=O)c1ccccc1. The lowest BCUT2D eigenvalue weighted by Gasteiger charge is -2.13. The number of hydrogen-bond acceptors (Lipinski definition) is 5. The maximum Gasteiger partial charge on any atom is 0.234 e. The first kappa shape index (κ1) is 19.4. The van der Waals surface area contributed by atoms with E-state index in [4.69, 9.17) is 9.47 Å². The summed E-state index contributed by atoms with van der Waals surface area (Å²) in [6.07, 6.45) is 1.85. The molecular formula is C21H22O5. The number of carbonyl (C=O) groups is 3. The van der Waals surface area contributed by atoms with Gasteiger partial charge in [0.05, 0.1) is 14.2 Å². The number of unbranched alkanes of at least 4 members (excludes halogenated alkanes) is 1. The maximum atomic E-state index is 12.8. The zero-order valence-electron chi connectivity index (χ0n) is 15.2. The van der Waals surface area contributed by atoms with Crippen molar-refractivity contribution < 1.29 is 23.9 Å². The second kappa shape index (κ2) is 8.94. The van der Waals surface area contributed by atoms with Crippen LogP contribution in [0.3, 0.4) is 0 Å². The summed E-state index contributed by atoms with van der Waals surface area (Å²) >= 11 is 0. The first-order valence-electron chi connectivity index (χ1n) is 8.46. The predicted octanol–water partition coefficient (Wildman–Crippen LogP) is 4.14. The number of benzene rings is 2. The lowest BCUT2D eigenvalue weighted by atomic mass is 9.93. The van der Waals surface area contributed by atoms with Gasteiger partial charge in [-0.15, -0.1) is 0 Å². The monoisotopic (exact) mass is 354 g/mol. The van der Waals surface area contributed by atoms with E-state index in [1.807, 2.05) is 6.92 Å². The quantitative estimate of drug-likeness (QED) is 0.500. The van der Waals surface area contributed by atoms with E-state index in [0.717, 1.165) is 6.42 Å². The molecule has 0 saturated carbocycles. The Kier molecular flexibility index (Phi) is 6.67. The van der Waals surface area contributed by atoms with Crippen LogP contribution in [0.2, 0.25) is 0 Å². The summed E-state index contributed by atoms with van der Waals surface area (Å²) in [5.41, 5.74) is 0.502. The molecule has 5 heteroatoms. The fourth-order valence-corrected chi connectivity index (χ4v) is 2.61. The van der Waals surface area contributed by atoms with Gasteiger partial charge in [-0.1, -0.05) is 43.7 Å². The minimum atomic E-state index is -0.739. The van der Waals surface area contributed by atoms with Crippen molar-refractivity contribution in [2.24, 2.45) is 0 Å². The summed E-state index contributed by atoms with van der Waals surface area (Å²) in [5.74, 6) is -0.962. The number of ether oxygens (including phenoxy) is 2. The summed E-state index contributed by atoms with van der Waals surface area (Å²) in [5, 5.41) is 0. The molecule has 0 heterocycles. The Labute approximate surface area is 152 Å². The van der Waals surface area contributed by atoms with Gasteiger partial charge < -0.3 is 9.47 Å². The van der Waals surface area contributed by atoms with Crippen LogP contribution in [0.15, 0.2) is 42.5 Å². The van der Waals surface area contributed by atoms with Crippen molar-refractivity contribution in [1.82, 2.24) is 0 Å². The Morgan fingerprint density at radius 2 is 1.42 bits per heavy atom. The van der Waals surface area contributed by atoms with E-state index in [-0.39, 0.29) is 22.5 Å². The van der Waals surface area contributed by atoms with E-state index >= 15 is 0 Å². The van der Waals surface area contributed by atoms with Crippen LogP contribution in [0, 0.1) is 0 Å². The topological polar surface area (TPSA) is 69.7 Å². The minimum absolute atomic E-state index is 0.0395. The minimum Gasteiger partial charge on any atom is -0.493 e. The number of ketones is 3. The number of hydrogen-bond donors (Lipinski definition) is 0. The Balaban J connectivity index is 2.52. The van der Waals surface area contributed by atoms with Gasteiger partial charge in [-0.2, -0.15) is 0 Å². The third-order valence-electron chi connectivity index (χ3n) is 4.07. The molecule has 2 rings (SSSR count). The molecule has 2 aromatic carbocycles. The van der Waals surface area contributed by atoms with Crippen molar-refractivity contribution >= 4 is 17.3 Å². The molecule has 5 nitrogen and oxygen atoms in total. The van der Waals surface area contributed by atoms with Crippen molar-refractivity contribution in [1.29, 1.82) is 0 Å². The summed E-state index contributed by atoms with van der Waals surface area (Å²) in [6, 6.07) is 11.1. The highest BCUT2D eigenvalue weighted by Crippen LogP contribution is 2.32. The van der Waals surface area contributed by atoms with Gasteiger partial charge in [0.25, 0.3) is 0 Å². The van der Waals surface area contributed by atoms with Crippen LogP contribution >= 0.6 is 0 Å². The van der Waals surface area contributed by atoms with Crippen molar-refractivity contribution in [3.05, 3.63) is 59.2 Å². The lowest BCUT2D eigenvalue weighted by Crippen LogP contribution is -2.18. The molecule has 0 aliphatic carbocycles. The molecule has 0 N–H and O–H groups in total. The molecule has 0 aliphatic rings. The second-order valence-corrected chi connectivity index (χ2v) is 5.80. The Morgan fingerprint density at radius 3 is 1.96 bits per heavy atom. The zero-order chi connectivity index (χ0) is 19.1. The average Bonchev–Trinajstić information content (AvgIpc) is 2.70. The lowest BCUT2D eigenvalue weighted by molar-refractivity contribution is 0.0814. The van der Waals surface area contributed by atoms with Gasteiger partial charge in [-0.3, -0.25) is 14.4 Å². The molecule has 0 aromatic heterocycles. The van der Waals surface area contributed by atoms with E-state index < -0.39 is 11.6 Å². The first-order chi connectivity index (χ1) is 12.5. The Hall–Kier alpha value is -2.95. The van der Waals surface area contributed by atoms with Crippen LogP contribution < -0.4 is 9.47 Å². The molecule has 0 aliphatic heterocycles. The zero-order valence-corrected chi connectivity index (χ0v) is 15.2. The molecule has 26 heavy (non-hydrogen) atoms. The van der Waals surface area contributed by atoms with Gasteiger partial charge in [0, 0.05) is 23.1 Å². The number of carbonyl (C=O) groups excluding carboxylic acids is 3. The van der Waals surface area contributed by atoms with Crippen LogP contribution in [-0.2, 0) is 0 Å². The number of Topliss-reactive ketones (excluding diaryl/α,β-unsaturated/α-hetero) is 3. The summed E-state index contributed by atoms with van der Waals surface area (Å²) < 4.78 is 10.5. The van der Waals surface area contributed by atoms with E-state index in [0.29, 0.717) is 24.3 Å². The van der Waals surface area contributed by atoms with Crippen molar-refractivity contribution in [3.63, 3.8) is 0 Å². The molecule has 0 amide bonds. The third-order valence-corrected chi connectivity index (χ3v) is 4.07. The fourth-order valence-electron chi connectivity index (χ4n) is 2.61. The van der Waals surface area contributed by atoms with E-state index in [1.54, 1.807) is 30.3 Å². The van der Waals surface area contributed by atoms with Crippen molar-refractivity contribution in [2.45, 2.75) is 26.2 Å². The van der Waals surface area contributed by atoms with Crippen molar-refractivity contribution in [2.75, 3.05) is 14.2 Å². The summed E-state index contributed by atoms with van der Waals surface area (Å²) in [7, 11) is 2.89. The van der Waals surface area contributed by atoms with Gasteiger partial charge in [0.1, 0.15) is 0 Å². The molecule has 2 aromatic rings. The molecular weight excluding hydrogens is 332 g/mol. The van der Waals surface area contributed by atoms with Gasteiger partial charge in [-0.05, 0) is 18.6 Å². The number of rotatable bonds is 9. The molecule has 0 unspecified atom stereocenters. The fraction of sp³-hybridized carbons (Fsp3) is 0.286. The summed E-state index contributed by atoms with van der Waals surface area (Å²) in [6.45, 7) is 1.98. The second-order valence-electron chi connectivity index (χ2n) is 5.80. The van der Waals surface area contributed by atoms with Gasteiger partial charge >= 0.3 is 0 Å². The molecule has 0 atom stereocenters. The normalized spacial score (nSPS) is 10.3. The van der Waals surface area contributed by atoms with Crippen LogP contribution in [0.1, 0.15) is 57.3 Å². The van der Waals surface area contributed by atoms with E-state index in [2.05, 4.69) is 0 Å². The third kappa shape index (κ3) is 4.17. The maximum absolute atomic E-state index is 12.8. The van der Waals surface area contributed by atoms with Crippen LogP contribution in [0.5, 0.6) is 11.5 Å². The van der Waals surface area contributed by atoms with Gasteiger partial charge in [0.15, 0.2) is 17.3 Å². The highest BCUT2D eigenvalue weighted by atomic mass is 16.5. The van der Waals surface area contributed by atoms with Crippen LogP contribution in [-0.4, -0.2) is 31.6 Å². The average molecular weight is 354 g/mol. The molecule has 0 radical (unpaired) electrons. The summed E-state index contributed by atoms with van der Waals surface area (Å²) in [4.78, 5) is 38.0. The molecule has 136 valence electrons. The number of methoxy groups -OCH3 is 2.